The average molecular weight is 1170 g/mol. The van der Waals surface area contributed by atoms with Crippen molar-refractivity contribution in [3.8, 4) is 0 Å². The molecule has 490 valence electrons. The van der Waals surface area contributed by atoms with Crippen LogP contribution in [0.3, 0.4) is 0 Å². The summed E-state index contributed by atoms with van der Waals surface area (Å²) in [7, 11) is 3.44. The molecule has 0 aromatic rings. The maximum Gasteiger partial charge on any atom is 0.118 e. The summed E-state index contributed by atoms with van der Waals surface area (Å²) in [4.78, 5) is 16.7. The minimum atomic E-state index is -0.897. The number of β-amino-alcohol motifs (C(OH)–C–C–N with tert-alkyl or cyclic N) is 2. The van der Waals surface area contributed by atoms with E-state index in [9.17, 15) is 15.3 Å². The van der Waals surface area contributed by atoms with Crippen LogP contribution in [0.5, 0.6) is 0 Å². The zero-order valence-corrected chi connectivity index (χ0v) is 55.7. The third-order valence-corrected chi connectivity index (χ3v) is 18.3. The van der Waals surface area contributed by atoms with Gasteiger partial charge in [0, 0.05) is 198 Å². The molecular formula is C62H135N13O7. The number of piperidine rings is 6. The fraction of sp³-hybridized carbons (Fsp3) is 1.00. The number of hydrogen-bond acceptors (Lipinski definition) is 20. The van der Waals surface area contributed by atoms with Crippen LogP contribution in [0.25, 0.3) is 0 Å². The molecule has 7 heterocycles. The summed E-state index contributed by atoms with van der Waals surface area (Å²) in [5, 5.41) is 32.4. The summed E-state index contributed by atoms with van der Waals surface area (Å²) in [5.41, 5.74) is 28.2. The number of ether oxygens (including phenoxy) is 4. The van der Waals surface area contributed by atoms with Crippen LogP contribution < -0.4 is 34.0 Å². The highest BCUT2D eigenvalue weighted by atomic mass is 16.5. The SMILES string of the molecule is CC(C)CCNC1CCN(C(C)C)CC1O.CC(C)N1CCC(N)(COCCN2CCOCC2)CC1.CC(C)N1CCC(N)(O)CC1.CC(C)N1CCC(N)C(O)C1.COC1(N)CCN(C(C)C)CC1.COC1CN(C(C)C)CCC1N. The lowest BCUT2D eigenvalue weighted by Gasteiger charge is -2.40. The molecule has 82 heavy (non-hydrogen) atoms. The Bertz CT molecular complexity index is 1570. The Hall–Kier alpha value is -0.800. The number of methoxy groups -OCH3 is 2. The highest BCUT2D eigenvalue weighted by molar-refractivity contribution is 4.92. The largest absolute Gasteiger partial charge is 0.390 e. The predicted octanol–water partition coefficient (Wildman–Crippen LogP) is 3.16. The van der Waals surface area contributed by atoms with Gasteiger partial charge in [-0.1, -0.05) is 13.8 Å². The molecule has 7 rings (SSSR count). The number of nitrogens with two attached hydrogens (primary N) is 5. The van der Waals surface area contributed by atoms with Gasteiger partial charge in [-0.2, -0.15) is 0 Å². The molecule has 0 aromatic heterocycles. The molecule has 6 atom stereocenters. The van der Waals surface area contributed by atoms with Crippen molar-refractivity contribution >= 4 is 0 Å². The number of hydrogen-bond donors (Lipinski definition) is 9. The van der Waals surface area contributed by atoms with E-state index in [0.29, 0.717) is 61.7 Å². The van der Waals surface area contributed by atoms with Gasteiger partial charge in [0.25, 0.3) is 0 Å². The Kier molecular flexibility index (Phi) is 37.7. The Balaban J connectivity index is 0.000000341. The van der Waals surface area contributed by atoms with Crippen molar-refractivity contribution in [1.29, 1.82) is 0 Å². The van der Waals surface area contributed by atoms with Crippen LogP contribution in [0.4, 0.5) is 0 Å². The lowest BCUT2D eigenvalue weighted by Crippen LogP contribution is -2.54. The molecule has 14 N–H and O–H groups in total. The van der Waals surface area contributed by atoms with Crippen LogP contribution in [0.2, 0.25) is 0 Å². The number of aliphatic hydroxyl groups is 3. The lowest BCUT2D eigenvalue weighted by atomic mass is 9.89. The van der Waals surface area contributed by atoms with Crippen molar-refractivity contribution in [2.45, 2.75) is 251 Å². The van der Waals surface area contributed by atoms with E-state index >= 15 is 0 Å². The van der Waals surface area contributed by atoms with E-state index in [-0.39, 0.29) is 41.7 Å². The van der Waals surface area contributed by atoms with Crippen molar-refractivity contribution in [2.75, 3.05) is 145 Å². The van der Waals surface area contributed by atoms with Gasteiger partial charge in [0.2, 0.25) is 0 Å². The summed E-state index contributed by atoms with van der Waals surface area (Å²) in [6, 6.07) is 4.03. The quantitative estimate of drug-likeness (QED) is 0.0749. The number of nitrogens with zero attached hydrogens (tertiary/aromatic N) is 7. The minimum Gasteiger partial charge on any atom is -0.390 e. The zero-order chi connectivity index (χ0) is 61.8. The predicted molar refractivity (Wildman–Crippen MR) is 340 cm³/mol. The van der Waals surface area contributed by atoms with Crippen LogP contribution >= 0.6 is 0 Å². The van der Waals surface area contributed by atoms with Gasteiger partial charge in [-0.05, 0) is 134 Å². The Morgan fingerprint density at radius 3 is 1.39 bits per heavy atom. The summed E-state index contributed by atoms with van der Waals surface area (Å²) < 4.78 is 21.8. The molecule has 0 bridgehead atoms. The van der Waals surface area contributed by atoms with Gasteiger partial charge in [0.1, 0.15) is 11.4 Å². The number of nitrogens with one attached hydrogen (secondary N) is 1. The molecule has 0 spiro atoms. The summed E-state index contributed by atoms with van der Waals surface area (Å²) in [6.45, 7) is 50.0. The first kappa shape index (κ1) is 77.3. The maximum atomic E-state index is 10.0. The topological polar surface area (TPSA) is 262 Å². The fourth-order valence-corrected chi connectivity index (χ4v) is 11.3. The third-order valence-electron chi connectivity index (χ3n) is 18.3. The first-order valence-electron chi connectivity index (χ1n) is 32.5. The van der Waals surface area contributed by atoms with Crippen LogP contribution in [-0.2, 0) is 18.9 Å². The van der Waals surface area contributed by atoms with E-state index in [1.807, 2.05) is 0 Å². The monoisotopic (exact) mass is 1170 g/mol. The molecule has 0 radical (unpaired) electrons. The summed E-state index contributed by atoms with van der Waals surface area (Å²) in [6.07, 6.45) is 9.30. The molecule has 7 aliphatic heterocycles. The number of rotatable bonds is 17. The molecule has 0 amide bonds. The second-order valence-corrected chi connectivity index (χ2v) is 27.2. The minimum absolute atomic E-state index is 0.00926. The van der Waals surface area contributed by atoms with Crippen LogP contribution in [0.15, 0.2) is 0 Å². The van der Waals surface area contributed by atoms with Gasteiger partial charge >= 0.3 is 0 Å². The van der Waals surface area contributed by atoms with Crippen LogP contribution in [0, 0.1) is 5.92 Å². The van der Waals surface area contributed by atoms with Crippen molar-refractivity contribution < 1.29 is 34.3 Å². The van der Waals surface area contributed by atoms with Gasteiger partial charge in [-0.25, -0.2) is 0 Å². The normalized spacial score (nSPS) is 28.1. The van der Waals surface area contributed by atoms with Crippen molar-refractivity contribution in [3.63, 3.8) is 0 Å². The molecule has 0 aliphatic carbocycles. The van der Waals surface area contributed by atoms with Crippen molar-refractivity contribution in [1.82, 2.24) is 39.6 Å². The molecular weight excluding hydrogens is 1040 g/mol. The average Bonchev–Trinajstić information content (AvgIpc) is 3.47. The molecule has 20 heteroatoms. The number of likely N-dealkylation sites (tertiary alicyclic amines) is 6. The molecule has 7 fully saturated rings. The lowest BCUT2D eigenvalue weighted by molar-refractivity contribution is -0.0569. The van der Waals surface area contributed by atoms with E-state index in [0.717, 1.165) is 175 Å². The van der Waals surface area contributed by atoms with Crippen LogP contribution in [0.1, 0.15) is 161 Å². The molecule has 7 aliphatic rings. The summed E-state index contributed by atoms with van der Waals surface area (Å²) in [5.74, 6) is 0.736. The van der Waals surface area contributed by atoms with Gasteiger partial charge in [0.05, 0.1) is 44.7 Å². The van der Waals surface area contributed by atoms with Gasteiger partial charge < -0.3 is 83.0 Å². The number of morpholine rings is 1. The molecule has 7 saturated heterocycles. The molecule has 0 saturated carbocycles. The first-order chi connectivity index (χ1) is 38.4. The Morgan fingerprint density at radius 1 is 0.537 bits per heavy atom. The fourth-order valence-electron chi connectivity index (χ4n) is 11.3. The van der Waals surface area contributed by atoms with Gasteiger partial charge in [-0.15, -0.1) is 0 Å². The smallest absolute Gasteiger partial charge is 0.118 e. The number of aliphatic hydroxyl groups excluding tert-OH is 2. The molecule has 20 nitrogen and oxygen atoms in total. The van der Waals surface area contributed by atoms with E-state index in [4.69, 9.17) is 47.6 Å². The highest BCUT2D eigenvalue weighted by Gasteiger charge is 2.34. The molecule has 0 aromatic carbocycles. The summed E-state index contributed by atoms with van der Waals surface area (Å²) >= 11 is 0. The standard InChI is InChI=1S/C15H31N3O2.C13H28N2O.2C9H20N2O.2C8H18N2O/c1-14(2)18-5-3-15(16,4-6-18)13-20-12-9-17-7-10-19-11-8-17;1-10(2)5-7-14-12-6-8-15(11(3)4)9-13(12)16;1-8(2)11-6-4-9(10,12-3)5-7-11;1-7(2)11-5-4-8(10)9(6-11)12-3;1-7(2)10-5-3-8(9,11)4-6-10;1-6(2)10-4-3-7(9)8(11)5-10/h14H,3-13,16H2,1-2H3;10-14,16H,5-9H2,1-4H3;8H,4-7,10H2,1-3H3;7-9H,4-6,10H2,1-3H3;7,11H,3-6,9H2,1-2H3;6-8,11H,3-5,9H2,1-2H3. The van der Waals surface area contributed by atoms with E-state index in [2.05, 4.69) is 137 Å². The third kappa shape index (κ3) is 30.9. The van der Waals surface area contributed by atoms with E-state index < -0.39 is 5.72 Å². The van der Waals surface area contributed by atoms with Crippen LogP contribution in [-0.4, -0.2) is 285 Å². The first-order valence-corrected chi connectivity index (χ1v) is 32.5. The van der Waals surface area contributed by atoms with E-state index in [1.54, 1.807) is 14.2 Å². The zero-order valence-electron chi connectivity index (χ0n) is 55.7. The van der Waals surface area contributed by atoms with Gasteiger partial charge in [0.15, 0.2) is 0 Å². The maximum absolute atomic E-state index is 10.0. The second-order valence-electron chi connectivity index (χ2n) is 27.2. The Labute approximate surface area is 502 Å². The van der Waals surface area contributed by atoms with E-state index in [1.165, 1.54) is 6.42 Å². The molecule has 6 unspecified atom stereocenters. The highest BCUT2D eigenvalue weighted by Crippen LogP contribution is 2.24. The Morgan fingerprint density at radius 2 is 0.963 bits per heavy atom. The second kappa shape index (κ2) is 40.0. The van der Waals surface area contributed by atoms with Gasteiger partial charge in [-0.3, -0.25) is 19.6 Å². The van der Waals surface area contributed by atoms with Crippen molar-refractivity contribution in [3.05, 3.63) is 0 Å². The van der Waals surface area contributed by atoms with Crippen molar-refractivity contribution in [2.24, 2.45) is 34.6 Å².